The minimum atomic E-state index is -0.250. The number of hydrogen-bond acceptors (Lipinski definition) is 1. The van der Waals surface area contributed by atoms with Crippen molar-refractivity contribution in [2.75, 3.05) is 0 Å². The average Bonchev–Trinajstić information content (AvgIpc) is 2.06. The van der Waals surface area contributed by atoms with Crippen LogP contribution in [-0.4, -0.2) is 11.2 Å². The molecule has 0 amide bonds. The van der Waals surface area contributed by atoms with Crippen LogP contribution in [0.2, 0.25) is 0 Å². The molecule has 0 aromatic rings. The molecule has 0 bridgehead atoms. The molecule has 0 heterocycles. The molecule has 2 unspecified atom stereocenters. The van der Waals surface area contributed by atoms with Crippen molar-refractivity contribution in [1.82, 2.24) is 0 Å². The Bertz CT molecular complexity index is 235. The molecule has 58 valence electrons. The third-order valence-electron chi connectivity index (χ3n) is 2.39. The predicted molar refractivity (Wildman–Crippen MR) is 45.1 cm³/mol. The summed E-state index contributed by atoms with van der Waals surface area (Å²) in [7, 11) is 0. The summed E-state index contributed by atoms with van der Waals surface area (Å²) in [4.78, 5) is 0. The van der Waals surface area contributed by atoms with E-state index in [4.69, 9.17) is 0 Å². The summed E-state index contributed by atoms with van der Waals surface area (Å²) >= 11 is 0. The van der Waals surface area contributed by atoms with Crippen LogP contribution in [0, 0.1) is 5.92 Å². The summed E-state index contributed by atoms with van der Waals surface area (Å²) in [6, 6.07) is 0. The monoisotopic (exact) mass is 148 g/mol. The van der Waals surface area contributed by atoms with Gasteiger partial charge in [-0.2, -0.15) is 0 Å². The van der Waals surface area contributed by atoms with Gasteiger partial charge in [-0.3, -0.25) is 0 Å². The lowest BCUT2D eigenvalue weighted by Gasteiger charge is -2.26. The second-order valence-electron chi connectivity index (χ2n) is 3.13. The Kier molecular flexibility index (Phi) is 1.66. The first kappa shape index (κ1) is 6.86. The molecule has 0 aromatic carbocycles. The lowest BCUT2D eigenvalue weighted by atomic mass is 9.82. The number of aliphatic hydroxyl groups excluding tert-OH is 1. The van der Waals surface area contributed by atoms with Gasteiger partial charge in [-0.25, -0.2) is 0 Å². The minimum absolute atomic E-state index is 0.250. The van der Waals surface area contributed by atoms with Gasteiger partial charge < -0.3 is 5.11 Å². The second-order valence-corrected chi connectivity index (χ2v) is 3.13. The van der Waals surface area contributed by atoms with Crippen molar-refractivity contribution in [1.29, 1.82) is 0 Å². The Balaban J connectivity index is 2.29. The number of hydrogen-bond donors (Lipinski definition) is 1. The zero-order valence-electron chi connectivity index (χ0n) is 6.40. The lowest BCUT2D eigenvalue weighted by molar-refractivity contribution is 0.164. The maximum atomic E-state index is 9.54. The molecule has 1 nitrogen and oxygen atoms in total. The highest BCUT2D eigenvalue weighted by molar-refractivity contribution is 5.34. The van der Waals surface area contributed by atoms with Crippen molar-refractivity contribution >= 4 is 0 Å². The Morgan fingerprint density at radius 1 is 1.45 bits per heavy atom. The molecule has 2 aliphatic rings. The fourth-order valence-electron chi connectivity index (χ4n) is 1.75. The van der Waals surface area contributed by atoms with Crippen LogP contribution >= 0.6 is 0 Å². The van der Waals surface area contributed by atoms with Gasteiger partial charge in [0.2, 0.25) is 0 Å². The molecule has 1 heteroatoms. The van der Waals surface area contributed by atoms with Crippen molar-refractivity contribution in [3.63, 3.8) is 0 Å². The van der Waals surface area contributed by atoms with Crippen LogP contribution in [0.15, 0.2) is 36.0 Å². The Labute approximate surface area is 66.7 Å². The van der Waals surface area contributed by atoms with E-state index in [9.17, 15) is 5.11 Å². The highest BCUT2D eigenvalue weighted by atomic mass is 16.3. The molecule has 0 radical (unpaired) electrons. The van der Waals surface area contributed by atoms with Gasteiger partial charge in [0.1, 0.15) is 0 Å². The van der Waals surface area contributed by atoms with E-state index in [1.54, 1.807) is 0 Å². The first-order valence-corrected chi connectivity index (χ1v) is 4.11. The van der Waals surface area contributed by atoms with Crippen molar-refractivity contribution in [2.45, 2.75) is 18.9 Å². The van der Waals surface area contributed by atoms with Crippen molar-refractivity contribution in [3.05, 3.63) is 36.0 Å². The molecule has 2 aliphatic carbocycles. The maximum absolute atomic E-state index is 9.54. The van der Waals surface area contributed by atoms with Crippen molar-refractivity contribution in [3.8, 4) is 0 Å². The highest BCUT2D eigenvalue weighted by Crippen LogP contribution is 2.29. The van der Waals surface area contributed by atoms with E-state index in [-0.39, 0.29) is 6.10 Å². The van der Waals surface area contributed by atoms with Crippen LogP contribution in [0.5, 0.6) is 0 Å². The summed E-state index contributed by atoms with van der Waals surface area (Å²) in [6.07, 6.45) is 12.1. The fourth-order valence-corrected chi connectivity index (χ4v) is 1.75. The first-order valence-electron chi connectivity index (χ1n) is 4.11. The van der Waals surface area contributed by atoms with Crippen LogP contribution in [0.25, 0.3) is 0 Å². The topological polar surface area (TPSA) is 20.2 Å². The predicted octanol–water partition coefficient (Wildman–Crippen LogP) is 1.81. The summed E-state index contributed by atoms with van der Waals surface area (Å²) in [5.74, 6) is 0.366. The van der Waals surface area contributed by atoms with Crippen LogP contribution in [0.1, 0.15) is 12.8 Å². The lowest BCUT2D eigenvalue weighted by Crippen LogP contribution is -2.23. The average molecular weight is 148 g/mol. The van der Waals surface area contributed by atoms with E-state index in [1.165, 1.54) is 5.57 Å². The smallest absolute Gasteiger partial charge is 0.0792 e. The van der Waals surface area contributed by atoms with Gasteiger partial charge in [0.05, 0.1) is 6.10 Å². The standard InChI is InChI=1S/C10H12O/c11-10-7-3-5-8-4-1-2-6-9(8)10/h1,3-5,7,9-11H,2,6H2. The van der Waals surface area contributed by atoms with E-state index in [0.717, 1.165) is 12.8 Å². The minimum Gasteiger partial charge on any atom is -0.388 e. The highest BCUT2D eigenvalue weighted by Gasteiger charge is 2.22. The van der Waals surface area contributed by atoms with Crippen LogP contribution in [-0.2, 0) is 0 Å². The van der Waals surface area contributed by atoms with E-state index in [2.05, 4.69) is 18.2 Å². The Morgan fingerprint density at radius 3 is 3.18 bits per heavy atom. The quantitative estimate of drug-likeness (QED) is 0.555. The van der Waals surface area contributed by atoms with Gasteiger partial charge in [-0.1, -0.05) is 30.4 Å². The summed E-state index contributed by atoms with van der Waals surface area (Å²) < 4.78 is 0. The van der Waals surface area contributed by atoms with Gasteiger partial charge in [0.25, 0.3) is 0 Å². The molecule has 0 spiro atoms. The van der Waals surface area contributed by atoms with E-state index in [0.29, 0.717) is 5.92 Å². The summed E-state index contributed by atoms with van der Waals surface area (Å²) in [5.41, 5.74) is 1.28. The van der Waals surface area contributed by atoms with Gasteiger partial charge in [-0.05, 0) is 18.4 Å². The molecule has 2 atom stereocenters. The summed E-state index contributed by atoms with van der Waals surface area (Å²) in [6.45, 7) is 0. The third kappa shape index (κ3) is 1.16. The normalized spacial score (nSPS) is 34.8. The molecular weight excluding hydrogens is 136 g/mol. The SMILES string of the molecule is OC1C=CC=C2C=CCCC21. The number of rotatable bonds is 0. The summed E-state index contributed by atoms with van der Waals surface area (Å²) in [5, 5.41) is 9.54. The molecule has 1 N–H and O–H groups in total. The Hall–Kier alpha value is -0.820. The number of aliphatic hydroxyl groups is 1. The molecule has 0 saturated heterocycles. The largest absolute Gasteiger partial charge is 0.388 e. The van der Waals surface area contributed by atoms with Gasteiger partial charge in [0.15, 0.2) is 0 Å². The van der Waals surface area contributed by atoms with E-state index in [1.807, 2.05) is 12.2 Å². The molecule has 11 heavy (non-hydrogen) atoms. The van der Waals surface area contributed by atoms with Crippen LogP contribution < -0.4 is 0 Å². The first-order chi connectivity index (χ1) is 5.38. The molecule has 2 rings (SSSR count). The molecule has 0 aromatic heterocycles. The van der Waals surface area contributed by atoms with Gasteiger partial charge in [-0.15, -0.1) is 0 Å². The molecule has 0 fully saturated rings. The van der Waals surface area contributed by atoms with Gasteiger partial charge >= 0.3 is 0 Å². The van der Waals surface area contributed by atoms with E-state index < -0.39 is 0 Å². The second kappa shape index (κ2) is 2.67. The fraction of sp³-hybridized carbons (Fsp3) is 0.400. The van der Waals surface area contributed by atoms with Gasteiger partial charge in [0, 0.05) is 5.92 Å². The zero-order valence-corrected chi connectivity index (χ0v) is 6.40. The molecular formula is C10H12O. The number of allylic oxidation sites excluding steroid dienone is 4. The maximum Gasteiger partial charge on any atom is 0.0792 e. The molecule has 0 aliphatic heterocycles. The van der Waals surface area contributed by atoms with Crippen LogP contribution in [0.4, 0.5) is 0 Å². The van der Waals surface area contributed by atoms with Crippen molar-refractivity contribution in [2.24, 2.45) is 5.92 Å². The number of fused-ring (bicyclic) bond motifs is 1. The van der Waals surface area contributed by atoms with Crippen LogP contribution in [0.3, 0.4) is 0 Å². The molecule has 0 saturated carbocycles. The Morgan fingerprint density at radius 2 is 2.36 bits per heavy atom. The third-order valence-corrected chi connectivity index (χ3v) is 2.39. The van der Waals surface area contributed by atoms with E-state index >= 15 is 0 Å². The van der Waals surface area contributed by atoms with Crippen molar-refractivity contribution < 1.29 is 5.11 Å². The zero-order chi connectivity index (χ0) is 7.68.